The summed E-state index contributed by atoms with van der Waals surface area (Å²) in [7, 11) is -0.731. The second-order valence-electron chi connectivity index (χ2n) is 3.94. The second-order valence-corrected chi connectivity index (χ2v) is 5.90. The van der Waals surface area contributed by atoms with Crippen LogP contribution in [-0.2, 0) is 15.6 Å². The number of benzene rings is 1. The van der Waals surface area contributed by atoms with E-state index < -0.39 is 9.84 Å². The molecule has 1 aromatic carbocycles. The van der Waals surface area contributed by atoms with Gasteiger partial charge in [0.15, 0.2) is 9.84 Å². The van der Waals surface area contributed by atoms with Crippen LogP contribution in [0.2, 0.25) is 0 Å². The molecular formula is C13H14N2O4S. The first kappa shape index (κ1) is 14.3. The van der Waals surface area contributed by atoms with Crippen molar-refractivity contribution >= 4 is 9.84 Å². The molecule has 0 aliphatic carbocycles. The topological polar surface area (TPSA) is 78.4 Å². The molecule has 1 aromatic heterocycles. The van der Waals surface area contributed by atoms with Gasteiger partial charge in [0, 0.05) is 18.5 Å². The molecule has 0 N–H and O–H groups in total. The fourth-order valence-corrected chi connectivity index (χ4v) is 3.08. The van der Waals surface area contributed by atoms with Crippen molar-refractivity contribution in [3.63, 3.8) is 0 Å². The lowest BCUT2D eigenvalue weighted by molar-refractivity contribution is 0.392. The van der Waals surface area contributed by atoms with Crippen molar-refractivity contribution in [2.75, 3.05) is 14.2 Å². The highest BCUT2D eigenvalue weighted by Crippen LogP contribution is 2.30. The molecule has 0 saturated heterocycles. The van der Waals surface area contributed by atoms with Crippen LogP contribution < -0.4 is 9.47 Å². The third kappa shape index (κ3) is 3.05. The number of hydrogen-bond acceptors (Lipinski definition) is 6. The van der Waals surface area contributed by atoms with E-state index in [9.17, 15) is 8.42 Å². The lowest BCUT2D eigenvalue weighted by Crippen LogP contribution is -2.09. The van der Waals surface area contributed by atoms with Gasteiger partial charge in [0.2, 0.25) is 0 Å². The van der Waals surface area contributed by atoms with Gasteiger partial charge in [-0.25, -0.2) is 18.4 Å². The minimum Gasteiger partial charge on any atom is -0.497 e. The second kappa shape index (κ2) is 5.87. The maximum atomic E-state index is 12.4. The van der Waals surface area contributed by atoms with E-state index in [1.54, 1.807) is 18.2 Å². The third-order valence-electron chi connectivity index (χ3n) is 2.64. The Bertz CT molecular complexity index is 687. The average Bonchev–Trinajstić information content (AvgIpc) is 2.47. The Morgan fingerprint density at radius 2 is 1.80 bits per heavy atom. The highest BCUT2D eigenvalue weighted by Gasteiger charge is 2.22. The van der Waals surface area contributed by atoms with Gasteiger partial charge >= 0.3 is 0 Å². The van der Waals surface area contributed by atoms with E-state index in [0.29, 0.717) is 5.75 Å². The van der Waals surface area contributed by atoms with Crippen molar-refractivity contribution in [2.45, 2.75) is 10.6 Å². The number of hydrogen-bond donors (Lipinski definition) is 0. The first-order valence-corrected chi connectivity index (χ1v) is 7.43. The molecule has 20 heavy (non-hydrogen) atoms. The van der Waals surface area contributed by atoms with Gasteiger partial charge in [0.1, 0.15) is 28.0 Å². The zero-order chi connectivity index (χ0) is 14.6. The van der Waals surface area contributed by atoms with Crippen molar-refractivity contribution in [1.82, 2.24) is 9.97 Å². The Morgan fingerprint density at radius 1 is 1.10 bits per heavy atom. The Hall–Kier alpha value is -2.15. The van der Waals surface area contributed by atoms with Crippen molar-refractivity contribution in [2.24, 2.45) is 0 Å². The molecule has 1 heterocycles. The summed E-state index contributed by atoms with van der Waals surface area (Å²) in [6, 6.07) is 6.24. The minimum atomic E-state index is -3.62. The Morgan fingerprint density at radius 3 is 2.40 bits per heavy atom. The Labute approximate surface area is 117 Å². The average molecular weight is 294 g/mol. The molecule has 0 unspecified atom stereocenters. The number of methoxy groups -OCH3 is 2. The van der Waals surface area contributed by atoms with E-state index in [1.807, 2.05) is 0 Å². The van der Waals surface area contributed by atoms with Crippen LogP contribution in [0.25, 0.3) is 0 Å². The van der Waals surface area contributed by atoms with Gasteiger partial charge in [-0.1, -0.05) is 0 Å². The molecule has 0 saturated carbocycles. The van der Waals surface area contributed by atoms with Crippen molar-refractivity contribution in [3.8, 4) is 11.5 Å². The van der Waals surface area contributed by atoms with E-state index in [4.69, 9.17) is 9.47 Å². The smallest absolute Gasteiger partial charge is 0.189 e. The van der Waals surface area contributed by atoms with Gasteiger partial charge in [0.25, 0.3) is 0 Å². The number of sulfone groups is 1. The molecule has 7 heteroatoms. The van der Waals surface area contributed by atoms with Crippen LogP contribution in [0.1, 0.15) is 5.82 Å². The van der Waals surface area contributed by atoms with Crippen LogP contribution in [0.15, 0.2) is 41.6 Å². The monoisotopic (exact) mass is 294 g/mol. The van der Waals surface area contributed by atoms with Gasteiger partial charge in [-0.3, -0.25) is 0 Å². The van der Waals surface area contributed by atoms with Gasteiger partial charge < -0.3 is 9.47 Å². The Balaban J connectivity index is 2.43. The van der Waals surface area contributed by atoms with Gasteiger partial charge in [-0.15, -0.1) is 0 Å². The molecule has 0 spiro atoms. The summed E-state index contributed by atoms with van der Waals surface area (Å²) in [6.07, 6.45) is 3.00. The highest BCUT2D eigenvalue weighted by atomic mass is 32.2. The Kier molecular flexibility index (Phi) is 4.19. The molecule has 0 amide bonds. The van der Waals surface area contributed by atoms with Crippen molar-refractivity contribution < 1.29 is 17.9 Å². The molecule has 6 nitrogen and oxygen atoms in total. The van der Waals surface area contributed by atoms with Crippen LogP contribution in [-0.4, -0.2) is 32.6 Å². The van der Waals surface area contributed by atoms with Gasteiger partial charge in [-0.05, 0) is 18.2 Å². The van der Waals surface area contributed by atoms with Crippen LogP contribution >= 0.6 is 0 Å². The van der Waals surface area contributed by atoms with E-state index in [0.717, 1.165) is 0 Å². The fraction of sp³-hybridized carbons (Fsp3) is 0.231. The summed E-state index contributed by atoms with van der Waals surface area (Å²) in [5, 5.41) is 0. The zero-order valence-corrected chi connectivity index (χ0v) is 11.9. The zero-order valence-electron chi connectivity index (χ0n) is 11.1. The lowest BCUT2D eigenvalue weighted by atomic mass is 10.3. The van der Waals surface area contributed by atoms with Crippen LogP contribution in [0, 0.1) is 0 Å². The number of nitrogens with zero attached hydrogens (tertiary/aromatic N) is 2. The molecule has 2 aromatic rings. The molecule has 106 valence electrons. The van der Waals surface area contributed by atoms with Crippen molar-refractivity contribution in [3.05, 3.63) is 42.5 Å². The highest BCUT2D eigenvalue weighted by molar-refractivity contribution is 7.90. The maximum Gasteiger partial charge on any atom is 0.189 e. The molecule has 2 rings (SSSR count). The standard InChI is InChI=1S/C13H14N2O4S/c1-18-10-4-5-11(19-2)12(8-10)20(16,17)9-13-14-6-3-7-15-13/h3-8H,9H2,1-2H3. The lowest BCUT2D eigenvalue weighted by Gasteiger charge is -2.10. The van der Waals surface area contributed by atoms with Crippen LogP contribution in [0.3, 0.4) is 0 Å². The summed E-state index contributed by atoms with van der Waals surface area (Å²) >= 11 is 0. The maximum absolute atomic E-state index is 12.4. The third-order valence-corrected chi connectivity index (χ3v) is 4.27. The first-order chi connectivity index (χ1) is 9.56. The summed E-state index contributed by atoms with van der Waals surface area (Å²) in [6.45, 7) is 0. The largest absolute Gasteiger partial charge is 0.497 e. The predicted octanol–water partition coefficient (Wildman–Crippen LogP) is 1.47. The molecule has 0 radical (unpaired) electrons. The van der Waals surface area contributed by atoms with E-state index in [1.165, 1.54) is 32.7 Å². The van der Waals surface area contributed by atoms with E-state index in [-0.39, 0.29) is 22.2 Å². The SMILES string of the molecule is COc1ccc(OC)c(S(=O)(=O)Cc2ncccn2)c1. The number of aromatic nitrogens is 2. The van der Waals surface area contributed by atoms with Crippen LogP contribution in [0.4, 0.5) is 0 Å². The summed E-state index contributed by atoms with van der Waals surface area (Å²) < 4.78 is 35.0. The molecule has 0 fully saturated rings. The molecule has 0 aliphatic rings. The van der Waals surface area contributed by atoms with Crippen molar-refractivity contribution in [1.29, 1.82) is 0 Å². The normalized spacial score (nSPS) is 11.1. The number of rotatable bonds is 5. The summed E-state index contributed by atoms with van der Waals surface area (Å²) in [5.74, 6) is 0.648. The van der Waals surface area contributed by atoms with Crippen LogP contribution in [0.5, 0.6) is 11.5 Å². The summed E-state index contributed by atoms with van der Waals surface area (Å²) in [5.41, 5.74) is 0. The molecule has 0 atom stereocenters. The summed E-state index contributed by atoms with van der Waals surface area (Å²) in [4.78, 5) is 7.91. The van der Waals surface area contributed by atoms with Gasteiger partial charge in [0.05, 0.1) is 14.2 Å². The molecule has 0 aliphatic heterocycles. The first-order valence-electron chi connectivity index (χ1n) is 5.77. The quantitative estimate of drug-likeness (QED) is 0.831. The predicted molar refractivity (Wildman–Crippen MR) is 72.5 cm³/mol. The van der Waals surface area contributed by atoms with E-state index in [2.05, 4.69) is 9.97 Å². The number of ether oxygens (including phenoxy) is 2. The minimum absolute atomic E-state index is 0.0619. The van der Waals surface area contributed by atoms with E-state index >= 15 is 0 Å². The molecule has 0 bridgehead atoms. The molecular weight excluding hydrogens is 280 g/mol. The fourth-order valence-electron chi connectivity index (χ4n) is 1.68. The van der Waals surface area contributed by atoms with Gasteiger partial charge in [-0.2, -0.15) is 0 Å².